The largest absolute Gasteiger partial charge is 0.497 e. The predicted octanol–water partition coefficient (Wildman–Crippen LogP) is 4.71. The summed E-state index contributed by atoms with van der Waals surface area (Å²) in [6.07, 6.45) is 5.98. The molecule has 0 atom stereocenters. The number of amides is 1. The third-order valence-corrected chi connectivity index (χ3v) is 5.89. The number of fused-ring (bicyclic) bond motifs is 2. The SMILES string of the molecule is COc1ccc(OC)c(NC(=O)COC(=O)c2c3c(nc4ccccc24)CCCCCC3)c1. The van der Waals surface area contributed by atoms with E-state index in [1.165, 1.54) is 13.5 Å². The molecule has 1 aliphatic rings. The number of anilines is 1. The van der Waals surface area contributed by atoms with Gasteiger partial charge in [-0.3, -0.25) is 9.78 Å². The summed E-state index contributed by atoms with van der Waals surface area (Å²) in [5.74, 6) is 0.0938. The molecule has 0 fully saturated rings. The van der Waals surface area contributed by atoms with Crippen LogP contribution in [0.3, 0.4) is 0 Å². The number of pyridine rings is 1. The molecule has 1 amide bonds. The van der Waals surface area contributed by atoms with Crippen molar-refractivity contribution in [3.8, 4) is 11.5 Å². The van der Waals surface area contributed by atoms with Crippen molar-refractivity contribution in [1.82, 2.24) is 4.98 Å². The molecule has 33 heavy (non-hydrogen) atoms. The summed E-state index contributed by atoms with van der Waals surface area (Å²) in [5.41, 5.74) is 3.66. The number of aromatic nitrogens is 1. The van der Waals surface area contributed by atoms with Gasteiger partial charge in [-0.1, -0.05) is 31.0 Å². The Hall–Kier alpha value is -3.61. The number of carbonyl (C=O) groups excluding carboxylic acids is 2. The molecule has 0 spiro atoms. The van der Waals surface area contributed by atoms with Gasteiger partial charge in [0.1, 0.15) is 11.5 Å². The third-order valence-electron chi connectivity index (χ3n) is 5.89. The maximum Gasteiger partial charge on any atom is 0.339 e. The van der Waals surface area contributed by atoms with E-state index in [1.807, 2.05) is 24.3 Å². The highest BCUT2D eigenvalue weighted by atomic mass is 16.5. The molecule has 7 heteroatoms. The quantitative estimate of drug-likeness (QED) is 0.550. The van der Waals surface area contributed by atoms with Crippen LogP contribution in [0.25, 0.3) is 10.9 Å². The van der Waals surface area contributed by atoms with Crippen molar-refractivity contribution >= 4 is 28.5 Å². The van der Waals surface area contributed by atoms with Gasteiger partial charge in [0.05, 0.1) is 31.0 Å². The fourth-order valence-electron chi connectivity index (χ4n) is 4.26. The molecular weight excluding hydrogens is 420 g/mol. The lowest BCUT2D eigenvalue weighted by Crippen LogP contribution is -2.22. The molecular formula is C26H28N2O5. The molecule has 172 valence electrons. The first kappa shape index (κ1) is 22.6. The lowest BCUT2D eigenvalue weighted by molar-refractivity contribution is -0.119. The van der Waals surface area contributed by atoms with E-state index in [0.717, 1.165) is 54.3 Å². The van der Waals surface area contributed by atoms with Crippen LogP contribution in [0.15, 0.2) is 42.5 Å². The Bertz CT molecular complexity index is 1170. The van der Waals surface area contributed by atoms with Crippen LogP contribution in [-0.2, 0) is 22.4 Å². The van der Waals surface area contributed by atoms with Crippen LogP contribution in [0.2, 0.25) is 0 Å². The number of nitrogens with zero attached hydrogens (tertiary/aromatic N) is 1. The lowest BCUT2D eigenvalue weighted by atomic mass is 9.91. The Labute approximate surface area is 193 Å². The van der Waals surface area contributed by atoms with E-state index in [2.05, 4.69) is 5.32 Å². The number of esters is 1. The predicted molar refractivity (Wildman–Crippen MR) is 126 cm³/mol. The molecule has 1 aliphatic carbocycles. The van der Waals surface area contributed by atoms with Crippen molar-refractivity contribution in [3.63, 3.8) is 0 Å². The van der Waals surface area contributed by atoms with Crippen molar-refractivity contribution in [3.05, 3.63) is 59.3 Å². The Morgan fingerprint density at radius 3 is 2.55 bits per heavy atom. The number of methoxy groups -OCH3 is 2. The molecule has 0 aliphatic heterocycles. The van der Waals surface area contributed by atoms with E-state index in [1.54, 1.807) is 25.3 Å². The summed E-state index contributed by atoms with van der Waals surface area (Å²) in [5, 5.41) is 3.49. The van der Waals surface area contributed by atoms with Crippen LogP contribution in [0, 0.1) is 0 Å². The summed E-state index contributed by atoms with van der Waals surface area (Å²) < 4.78 is 16.0. The highest BCUT2D eigenvalue weighted by molar-refractivity contribution is 6.06. The minimum absolute atomic E-state index is 0.412. The van der Waals surface area contributed by atoms with Crippen molar-refractivity contribution in [1.29, 1.82) is 0 Å². The van der Waals surface area contributed by atoms with Gasteiger partial charge in [0.2, 0.25) is 0 Å². The number of aryl methyl sites for hydroxylation is 1. The summed E-state index contributed by atoms with van der Waals surface area (Å²) in [7, 11) is 3.05. The molecule has 0 saturated carbocycles. The van der Waals surface area contributed by atoms with Gasteiger partial charge < -0.3 is 19.5 Å². The lowest BCUT2D eigenvalue weighted by Gasteiger charge is -2.18. The van der Waals surface area contributed by atoms with E-state index < -0.39 is 18.5 Å². The molecule has 7 nitrogen and oxygen atoms in total. The smallest absolute Gasteiger partial charge is 0.339 e. The van der Waals surface area contributed by atoms with E-state index >= 15 is 0 Å². The molecule has 4 rings (SSSR count). The van der Waals surface area contributed by atoms with Gasteiger partial charge in [0, 0.05) is 17.1 Å². The maximum atomic E-state index is 13.2. The molecule has 3 aromatic rings. The first-order valence-corrected chi connectivity index (χ1v) is 11.2. The molecule has 0 bridgehead atoms. The fourth-order valence-corrected chi connectivity index (χ4v) is 4.26. The molecule has 1 heterocycles. The molecule has 0 saturated heterocycles. The number of nitrogens with one attached hydrogen (secondary N) is 1. The van der Waals surface area contributed by atoms with Crippen LogP contribution in [0.4, 0.5) is 5.69 Å². The highest BCUT2D eigenvalue weighted by Gasteiger charge is 2.23. The van der Waals surface area contributed by atoms with Gasteiger partial charge in [-0.05, 0) is 49.4 Å². The number of ether oxygens (including phenoxy) is 3. The average molecular weight is 449 g/mol. The van der Waals surface area contributed by atoms with E-state index in [0.29, 0.717) is 22.7 Å². The van der Waals surface area contributed by atoms with E-state index in [9.17, 15) is 9.59 Å². The van der Waals surface area contributed by atoms with Crippen molar-refractivity contribution in [2.24, 2.45) is 0 Å². The summed E-state index contributed by atoms with van der Waals surface area (Å²) >= 11 is 0. The topological polar surface area (TPSA) is 86.8 Å². The summed E-state index contributed by atoms with van der Waals surface area (Å²) in [6, 6.07) is 12.7. The van der Waals surface area contributed by atoms with Crippen molar-refractivity contribution in [2.75, 3.05) is 26.1 Å². The Kier molecular flexibility index (Phi) is 7.07. The zero-order chi connectivity index (χ0) is 23.2. The Morgan fingerprint density at radius 2 is 1.76 bits per heavy atom. The summed E-state index contributed by atoms with van der Waals surface area (Å²) in [4.78, 5) is 30.6. The minimum Gasteiger partial charge on any atom is -0.497 e. The Morgan fingerprint density at radius 1 is 0.970 bits per heavy atom. The van der Waals surface area contributed by atoms with Gasteiger partial charge in [0.25, 0.3) is 5.91 Å². The number of hydrogen-bond acceptors (Lipinski definition) is 6. The second-order valence-electron chi connectivity index (χ2n) is 8.03. The number of carbonyl (C=O) groups is 2. The van der Waals surface area contributed by atoms with E-state index in [-0.39, 0.29) is 0 Å². The normalized spacial score (nSPS) is 13.4. The van der Waals surface area contributed by atoms with Gasteiger partial charge >= 0.3 is 5.97 Å². The van der Waals surface area contributed by atoms with Gasteiger partial charge in [-0.25, -0.2) is 4.79 Å². The van der Waals surface area contributed by atoms with Gasteiger partial charge in [0.15, 0.2) is 6.61 Å². The van der Waals surface area contributed by atoms with E-state index in [4.69, 9.17) is 19.2 Å². The number of benzene rings is 2. The molecule has 2 aromatic carbocycles. The Balaban J connectivity index is 1.56. The molecule has 0 unspecified atom stereocenters. The van der Waals surface area contributed by atoms with Crippen LogP contribution in [0.5, 0.6) is 11.5 Å². The van der Waals surface area contributed by atoms with Crippen LogP contribution >= 0.6 is 0 Å². The summed E-state index contributed by atoms with van der Waals surface area (Å²) in [6.45, 7) is -0.412. The van der Waals surface area contributed by atoms with Crippen LogP contribution < -0.4 is 14.8 Å². The maximum absolute atomic E-state index is 13.2. The standard InChI is InChI=1S/C26H28N2O5/c1-31-17-13-14-23(32-2)22(15-17)28-24(29)16-33-26(30)25-18-9-5-3-4-6-11-20(18)27-21-12-8-7-10-19(21)25/h7-8,10,12-15H,3-6,9,11,16H2,1-2H3,(H,28,29). The van der Waals surface area contributed by atoms with Gasteiger partial charge in [-0.15, -0.1) is 0 Å². The van der Waals surface area contributed by atoms with Crippen molar-refractivity contribution < 1.29 is 23.8 Å². The third kappa shape index (κ3) is 5.08. The zero-order valence-electron chi connectivity index (χ0n) is 19.0. The number of hydrogen-bond donors (Lipinski definition) is 1. The minimum atomic E-state index is -0.502. The number of rotatable bonds is 6. The average Bonchev–Trinajstić information content (AvgIpc) is 2.82. The first-order chi connectivity index (χ1) is 16.1. The molecule has 0 radical (unpaired) electrons. The molecule has 1 N–H and O–H groups in total. The first-order valence-electron chi connectivity index (χ1n) is 11.2. The van der Waals surface area contributed by atoms with Crippen LogP contribution in [-0.4, -0.2) is 37.7 Å². The van der Waals surface area contributed by atoms with Crippen molar-refractivity contribution in [2.45, 2.75) is 38.5 Å². The molecule has 1 aromatic heterocycles. The zero-order valence-corrected chi connectivity index (χ0v) is 19.0. The second kappa shape index (κ2) is 10.3. The monoisotopic (exact) mass is 448 g/mol. The highest BCUT2D eigenvalue weighted by Crippen LogP contribution is 2.30. The number of para-hydroxylation sites is 1. The van der Waals surface area contributed by atoms with Crippen LogP contribution in [0.1, 0.15) is 47.3 Å². The second-order valence-corrected chi connectivity index (χ2v) is 8.03. The fraction of sp³-hybridized carbons (Fsp3) is 0.346. The van der Waals surface area contributed by atoms with Gasteiger partial charge in [-0.2, -0.15) is 0 Å².